The number of methoxy groups -OCH3 is 1. The summed E-state index contributed by atoms with van der Waals surface area (Å²) in [7, 11) is 1.49. The Morgan fingerprint density at radius 1 is 1.18 bits per heavy atom. The first-order chi connectivity index (χ1) is 10.6. The van der Waals surface area contributed by atoms with Crippen molar-refractivity contribution in [3.05, 3.63) is 51.9 Å². The molecule has 3 aromatic rings. The van der Waals surface area contributed by atoms with E-state index in [1.807, 2.05) is 26.0 Å². The molecule has 0 N–H and O–H groups in total. The van der Waals surface area contributed by atoms with Crippen LogP contribution in [-0.4, -0.2) is 13.9 Å². The van der Waals surface area contributed by atoms with E-state index in [2.05, 4.69) is 0 Å². The molecule has 5 heteroatoms. The van der Waals surface area contributed by atoms with Crippen LogP contribution in [-0.2, 0) is 4.74 Å². The molecule has 0 saturated heterocycles. The fourth-order valence-corrected chi connectivity index (χ4v) is 2.25. The largest absolute Gasteiger partial charge is 0.461 e. The molecule has 2 aromatic heterocycles. The van der Waals surface area contributed by atoms with Gasteiger partial charge in [-0.3, -0.25) is 4.79 Å². The highest BCUT2D eigenvalue weighted by Gasteiger charge is 2.20. The molecule has 5 nitrogen and oxygen atoms in total. The highest BCUT2D eigenvalue weighted by atomic mass is 16.7. The molecule has 0 aliphatic heterocycles. The predicted molar refractivity (Wildman–Crippen MR) is 82.2 cm³/mol. The van der Waals surface area contributed by atoms with E-state index >= 15 is 0 Å². The average Bonchev–Trinajstić information content (AvgIpc) is 3.02. The minimum Gasteiger partial charge on any atom is -0.461 e. The van der Waals surface area contributed by atoms with Gasteiger partial charge in [-0.1, -0.05) is 0 Å². The second kappa shape index (κ2) is 5.69. The van der Waals surface area contributed by atoms with Crippen LogP contribution in [0, 0.1) is 13.8 Å². The molecule has 0 atom stereocenters. The Morgan fingerprint density at radius 2 is 1.95 bits per heavy atom. The number of hydrogen-bond acceptors (Lipinski definition) is 5. The summed E-state index contributed by atoms with van der Waals surface area (Å²) in [5, 5.41) is 0.476. The van der Waals surface area contributed by atoms with Gasteiger partial charge in [-0.2, -0.15) is 0 Å². The first-order valence-electron chi connectivity index (χ1n) is 6.85. The number of rotatable bonds is 4. The molecule has 2 heterocycles. The average molecular weight is 300 g/mol. The highest BCUT2D eigenvalue weighted by molar-refractivity contribution is 5.82. The van der Waals surface area contributed by atoms with Gasteiger partial charge in [-0.25, -0.2) is 0 Å². The van der Waals surface area contributed by atoms with Gasteiger partial charge in [0, 0.05) is 7.11 Å². The Labute approximate surface area is 127 Å². The van der Waals surface area contributed by atoms with Crippen LogP contribution in [0.2, 0.25) is 0 Å². The van der Waals surface area contributed by atoms with Crippen LogP contribution in [0.15, 0.2) is 44.2 Å². The zero-order chi connectivity index (χ0) is 15.7. The second-order valence-electron chi connectivity index (χ2n) is 5.05. The van der Waals surface area contributed by atoms with Crippen LogP contribution in [0.1, 0.15) is 11.1 Å². The SMILES string of the molecule is COCOc1c(-c2ccco2)oc2cc(C)c(C)cc2c1=O. The second-order valence-corrected chi connectivity index (χ2v) is 5.05. The lowest BCUT2D eigenvalue weighted by atomic mass is 10.1. The van der Waals surface area contributed by atoms with Gasteiger partial charge in [-0.15, -0.1) is 0 Å². The molecule has 0 radical (unpaired) electrons. The van der Waals surface area contributed by atoms with Crippen LogP contribution in [0.3, 0.4) is 0 Å². The first kappa shape index (κ1) is 14.4. The molecule has 0 spiro atoms. The van der Waals surface area contributed by atoms with Crippen LogP contribution in [0.5, 0.6) is 5.75 Å². The third kappa shape index (κ3) is 2.40. The third-order valence-corrected chi connectivity index (χ3v) is 3.53. The Kier molecular flexibility index (Phi) is 3.73. The predicted octanol–water partition coefficient (Wildman–Crippen LogP) is 3.65. The lowest BCUT2D eigenvalue weighted by molar-refractivity contribution is 0.0496. The number of fused-ring (bicyclic) bond motifs is 1. The van der Waals surface area contributed by atoms with Gasteiger partial charge in [0.25, 0.3) is 0 Å². The molecule has 0 unspecified atom stereocenters. The number of aryl methyl sites for hydroxylation is 2. The van der Waals surface area contributed by atoms with E-state index in [9.17, 15) is 4.79 Å². The molecule has 0 bridgehead atoms. The van der Waals surface area contributed by atoms with Crippen LogP contribution in [0.25, 0.3) is 22.5 Å². The summed E-state index contributed by atoms with van der Waals surface area (Å²) in [6, 6.07) is 7.09. The van der Waals surface area contributed by atoms with Crippen LogP contribution in [0.4, 0.5) is 0 Å². The topological polar surface area (TPSA) is 61.8 Å². The molecular formula is C17H16O5. The molecular weight excluding hydrogens is 284 g/mol. The van der Waals surface area contributed by atoms with Gasteiger partial charge >= 0.3 is 0 Å². The normalized spacial score (nSPS) is 11.0. The van der Waals surface area contributed by atoms with Crippen molar-refractivity contribution >= 4 is 11.0 Å². The van der Waals surface area contributed by atoms with Gasteiger partial charge < -0.3 is 18.3 Å². The van der Waals surface area contributed by atoms with Crippen molar-refractivity contribution in [1.82, 2.24) is 0 Å². The zero-order valence-corrected chi connectivity index (χ0v) is 12.6. The highest BCUT2D eigenvalue weighted by Crippen LogP contribution is 2.32. The maximum atomic E-state index is 12.7. The summed E-state index contributed by atoms with van der Waals surface area (Å²) in [5.74, 6) is 0.790. The Hall–Kier alpha value is -2.53. The molecule has 114 valence electrons. The van der Waals surface area contributed by atoms with E-state index in [0.29, 0.717) is 16.7 Å². The number of ether oxygens (including phenoxy) is 2. The monoisotopic (exact) mass is 300 g/mol. The van der Waals surface area contributed by atoms with Crippen molar-refractivity contribution in [3.63, 3.8) is 0 Å². The number of furan rings is 1. The van der Waals surface area contributed by atoms with Crippen molar-refractivity contribution in [2.75, 3.05) is 13.9 Å². The fraction of sp³-hybridized carbons (Fsp3) is 0.235. The summed E-state index contributed by atoms with van der Waals surface area (Å²) in [6.45, 7) is 3.87. The first-order valence-corrected chi connectivity index (χ1v) is 6.85. The molecule has 0 aliphatic rings. The number of hydrogen-bond donors (Lipinski definition) is 0. The molecule has 1 aromatic carbocycles. The summed E-state index contributed by atoms with van der Waals surface area (Å²) in [4.78, 5) is 12.7. The van der Waals surface area contributed by atoms with Crippen molar-refractivity contribution < 1.29 is 18.3 Å². The van der Waals surface area contributed by atoms with Gasteiger partial charge in [-0.05, 0) is 49.2 Å². The van der Waals surface area contributed by atoms with Crippen molar-refractivity contribution in [1.29, 1.82) is 0 Å². The maximum Gasteiger partial charge on any atom is 0.235 e. The maximum absolute atomic E-state index is 12.7. The summed E-state index contributed by atoms with van der Waals surface area (Å²) >= 11 is 0. The molecule has 0 aliphatic carbocycles. The van der Waals surface area contributed by atoms with E-state index in [-0.39, 0.29) is 23.7 Å². The quantitative estimate of drug-likeness (QED) is 0.688. The lowest BCUT2D eigenvalue weighted by Gasteiger charge is -2.10. The van der Waals surface area contributed by atoms with E-state index < -0.39 is 0 Å². The van der Waals surface area contributed by atoms with Crippen LogP contribution >= 0.6 is 0 Å². The van der Waals surface area contributed by atoms with Crippen molar-refractivity contribution in [2.24, 2.45) is 0 Å². The van der Waals surface area contributed by atoms with Gasteiger partial charge in [0.15, 0.2) is 12.6 Å². The summed E-state index contributed by atoms with van der Waals surface area (Å²) in [5.41, 5.74) is 2.33. The van der Waals surface area contributed by atoms with Crippen LogP contribution < -0.4 is 10.2 Å². The Balaban J connectivity index is 2.32. The smallest absolute Gasteiger partial charge is 0.235 e. The number of benzene rings is 1. The molecule has 3 rings (SSSR count). The van der Waals surface area contributed by atoms with Crippen molar-refractivity contribution in [3.8, 4) is 17.3 Å². The molecule has 0 fully saturated rings. The third-order valence-electron chi connectivity index (χ3n) is 3.53. The van der Waals surface area contributed by atoms with E-state index in [1.54, 1.807) is 12.1 Å². The van der Waals surface area contributed by atoms with E-state index in [4.69, 9.17) is 18.3 Å². The summed E-state index contributed by atoms with van der Waals surface area (Å²) in [6.07, 6.45) is 1.51. The van der Waals surface area contributed by atoms with Crippen molar-refractivity contribution in [2.45, 2.75) is 13.8 Å². The van der Waals surface area contributed by atoms with E-state index in [0.717, 1.165) is 11.1 Å². The Morgan fingerprint density at radius 3 is 2.64 bits per heavy atom. The van der Waals surface area contributed by atoms with E-state index in [1.165, 1.54) is 13.4 Å². The Bertz CT molecular complexity index is 859. The summed E-state index contributed by atoms with van der Waals surface area (Å²) < 4.78 is 21.5. The standard InChI is InChI=1S/C17H16O5/c1-10-7-12-14(8-11(10)2)22-16(13-5-4-6-20-13)17(15(12)18)21-9-19-3/h4-8H,9H2,1-3H3. The van der Waals surface area contributed by atoms with Gasteiger partial charge in [0.05, 0.1) is 11.6 Å². The lowest BCUT2D eigenvalue weighted by Crippen LogP contribution is -2.12. The fourth-order valence-electron chi connectivity index (χ4n) is 2.25. The molecule has 0 amide bonds. The molecule has 0 saturated carbocycles. The molecule has 22 heavy (non-hydrogen) atoms. The zero-order valence-electron chi connectivity index (χ0n) is 12.6. The minimum atomic E-state index is -0.243. The minimum absolute atomic E-state index is 0.0468. The van der Waals surface area contributed by atoms with Gasteiger partial charge in [0.2, 0.25) is 16.9 Å². The van der Waals surface area contributed by atoms with Gasteiger partial charge in [0.1, 0.15) is 5.58 Å².